The molecule has 1 aliphatic carbocycles. The van der Waals surface area contributed by atoms with E-state index in [4.69, 9.17) is 58.0 Å². The summed E-state index contributed by atoms with van der Waals surface area (Å²) >= 11 is 54.0. The van der Waals surface area contributed by atoms with Gasteiger partial charge >= 0.3 is 0 Å². The van der Waals surface area contributed by atoms with E-state index in [1.807, 2.05) is 24.3 Å². The van der Waals surface area contributed by atoms with Crippen LogP contribution in [0.3, 0.4) is 0 Å². The van der Waals surface area contributed by atoms with Crippen LogP contribution in [0, 0.1) is 5.38 Å². The molecule has 1 radical (unpaired) electrons. The Morgan fingerprint density at radius 1 is 0.500 bits per heavy atom. The minimum atomic E-state index is 0.0966. The van der Waals surface area contributed by atoms with E-state index in [9.17, 15) is 0 Å². The van der Waals surface area contributed by atoms with E-state index in [-0.39, 0.29) is 25.5 Å². The lowest BCUT2D eigenvalue weighted by Gasteiger charge is -2.25. The molecule has 157 valence electrons. The summed E-state index contributed by atoms with van der Waals surface area (Å²) in [6.07, 6.45) is 0. The Balaban J connectivity index is 2.59. The maximum atomic E-state index is 6.68. The zero-order chi connectivity index (χ0) is 22.5. The van der Waals surface area contributed by atoms with Crippen molar-refractivity contribution in [2.24, 2.45) is 0 Å². The number of hydrogen-bond acceptors (Lipinski definition) is 0. The summed E-state index contributed by atoms with van der Waals surface area (Å²) in [4.78, 5) is 0. The van der Waals surface area contributed by atoms with Crippen LogP contribution in [0.5, 0.6) is 0 Å². The molecule has 0 aliphatic heterocycles. The van der Waals surface area contributed by atoms with Gasteiger partial charge in [0.25, 0.3) is 0 Å². The lowest BCUT2D eigenvalue weighted by molar-refractivity contribution is 1.36. The molecular formula is C19H4Br6Cl5. The third kappa shape index (κ3) is 5.15. The molecule has 30 heavy (non-hydrogen) atoms. The lowest BCUT2D eigenvalue weighted by Crippen LogP contribution is -2.08. The molecule has 0 bridgehead atoms. The molecule has 0 saturated heterocycles. The third-order valence-electron chi connectivity index (χ3n) is 3.97. The van der Waals surface area contributed by atoms with Crippen LogP contribution in [0.2, 0.25) is 0 Å². The molecule has 11 heteroatoms. The zero-order valence-electron chi connectivity index (χ0n) is 14.0. The van der Waals surface area contributed by atoms with Gasteiger partial charge in [-0.1, -0.05) is 142 Å². The summed E-state index contributed by atoms with van der Waals surface area (Å²) < 4.78 is 4.90. The number of allylic oxidation sites excluding steroid dienone is 5. The minimum absolute atomic E-state index is 0.0966. The van der Waals surface area contributed by atoms with Crippen LogP contribution < -0.4 is 0 Å². The average molecular weight is 889 g/mol. The maximum absolute atomic E-state index is 6.68. The lowest BCUT2D eigenvalue weighted by atomic mass is 9.90. The topological polar surface area (TPSA) is 0 Å². The van der Waals surface area contributed by atoms with Gasteiger partial charge in [0.2, 0.25) is 0 Å². The first-order chi connectivity index (χ1) is 14.0. The van der Waals surface area contributed by atoms with E-state index < -0.39 is 0 Å². The van der Waals surface area contributed by atoms with Gasteiger partial charge in [0, 0.05) is 49.1 Å². The molecule has 0 nitrogen and oxygen atoms in total. The van der Waals surface area contributed by atoms with Gasteiger partial charge in [0.1, 0.15) is 5.38 Å². The molecule has 0 amide bonds. The van der Waals surface area contributed by atoms with Crippen molar-refractivity contribution < 1.29 is 0 Å². The molecular weight excluding hydrogens is 885 g/mol. The van der Waals surface area contributed by atoms with Crippen LogP contribution in [-0.4, -0.2) is 0 Å². The van der Waals surface area contributed by atoms with Crippen LogP contribution in [-0.2, 0) is 0 Å². The largest absolute Gasteiger partial charge is 0.147 e. The summed E-state index contributed by atoms with van der Waals surface area (Å²) in [6.45, 7) is 0. The molecule has 2 aromatic carbocycles. The third-order valence-corrected chi connectivity index (χ3v) is 9.67. The molecule has 0 heterocycles. The van der Waals surface area contributed by atoms with E-state index >= 15 is 0 Å². The van der Waals surface area contributed by atoms with Crippen molar-refractivity contribution in [3.05, 3.63) is 93.3 Å². The number of rotatable bonds is 2. The standard InChI is InChI=1S/C19H4Br6Cl5/c20-5-1-7(22)11(8(23)2-5)13(12-9(24)3-6(21)4-10(12)25)14-15(26)17(28)19(30)18(29)16(14)27/h1-4H. The molecule has 0 fully saturated rings. The van der Waals surface area contributed by atoms with Crippen molar-refractivity contribution in [3.63, 3.8) is 0 Å². The van der Waals surface area contributed by atoms with Gasteiger partial charge in [-0.3, -0.25) is 0 Å². The highest BCUT2D eigenvalue weighted by Crippen LogP contribution is 2.54. The van der Waals surface area contributed by atoms with Crippen LogP contribution in [0.15, 0.2) is 76.8 Å². The van der Waals surface area contributed by atoms with Gasteiger partial charge in [-0.15, -0.1) is 11.6 Å². The Hall–Kier alpha value is 1.99. The van der Waals surface area contributed by atoms with Gasteiger partial charge in [0.05, 0.1) is 20.1 Å². The Bertz CT molecular complexity index is 1030. The second-order valence-electron chi connectivity index (χ2n) is 5.81. The molecule has 1 aliphatic rings. The van der Waals surface area contributed by atoms with Crippen molar-refractivity contribution in [2.75, 3.05) is 0 Å². The summed E-state index contributed by atoms with van der Waals surface area (Å²) in [5.74, 6) is 0. The van der Waals surface area contributed by atoms with E-state index in [0.717, 1.165) is 38.0 Å². The minimum Gasteiger partial charge on any atom is -0.104 e. The highest BCUT2D eigenvalue weighted by Gasteiger charge is 2.34. The predicted octanol–water partition coefficient (Wildman–Crippen LogP) is 12.2. The summed E-state index contributed by atoms with van der Waals surface area (Å²) in [5, 5.41) is 0.714. The van der Waals surface area contributed by atoms with Crippen LogP contribution in [0.25, 0.3) is 5.57 Å². The van der Waals surface area contributed by atoms with Crippen molar-refractivity contribution in [1.29, 1.82) is 0 Å². The molecule has 0 saturated carbocycles. The second-order valence-corrected chi connectivity index (χ2v) is 12.9. The highest BCUT2D eigenvalue weighted by molar-refractivity contribution is 9.12. The van der Waals surface area contributed by atoms with Crippen LogP contribution in [0.4, 0.5) is 0 Å². The summed E-state index contributed by atoms with van der Waals surface area (Å²) in [5.41, 5.74) is 2.72. The zero-order valence-corrected chi connectivity index (χ0v) is 27.3. The smallest absolute Gasteiger partial charge is 0.104 e. The Morgan fingerprint density at radius 3 is 1.10 bits per heavy atom. The van der Waals surface area contributed by atoms with Crippen LogP contribution in [0.1, 0.15) is 11.1 Å². The normalized spacial score (nSPS) is 15.4. The van der Waals surface area contributed by atoms with E-state index in [2.05, 4.69) is 95.6 Å². The SMILES string of the molecule is Cl[C]1C(Cl)=C(Cl)C(=C(c2c(Br)cc(Br)cc2Br)c2c(Br)cc(Br)cc2Br)C(Cl)=C1Cl. The molecule has 0 spiro atoms. The number of benzene rings is 2. The van der Waals surface area contributed by atoms with E-state index in [0.29, 0.717) is 11.1 Å². The molecule has 3 rings (SSSR count). The fraction of sp³-hybridized carbons (Fsp3) is 0. The average Bonchev–Trinajstić information content (AvgIpc) is 2.63. The number of halogens is 11. The fourth-order valence-corrected chi connectivity index (χ4v) is 9.40. The molecule has 0 N–H and O–H groups in total. The van der Waals surface area contributed by atoms with Crippen LogP contribution >= 0.6 is 154 Å². The molecule has 2 aromatic rings. The quantitative estimate of drug-likeness (QED) is 0.282. The maximum Gasteiger partial charge on any atom is 0.147 e. The van der Waals surface area contributed by atoms with E-state index in [1.54, 1.807) is 0 Å². The first kappa shape index (κ1) is 26.6. The predicted molar refractivity (Wildman–Crippen MR) is 152 cm³/mol. The molecule has 0 aromatic heterocycles. The van der Waals surface area contributed by atoms with Crippen molar-refractivity contribution >= 4 is 159 Å². The van der Waals surface area contributed by atoms with Crippen molar-refractivity contribution in [1.82, 2.24) is 0 Å². The van der Waals surface area contributed by atoms with Crippen molar-refractivity contribution in [3.8, 4) is 0 Å². The Morgan fingerprint density at radius 2 is 0.800 bits per heavy atom. The number of hydrogen-bond donors (Lipinski definition) is 0. The van der Waals surface area contributed by atoms with Gasteiger partial charge < -0.3 is 0 Å². The summed E-state index contributed by atoms with van der Waals surface area (Å²) in [7, 11) is 0. The fourth-order valence-electron chi connectivity index (χ4n) is 2.76. The Kier molecular flexibility index (Phi) is 9.50. The molecule has 0 atom stereocenters. The van der Waals surface area contributed by atoms with Gasteiger partial charge in [-0.05, 0) is 24.3 Å². The van der Waals surface area contributed by atoms with Gasteiger partial charge in [0.15, 0.2) is 0 Å². The molecule has 0 unspecified atom stereocenters. The van der Waals surface area contributed by atoms with Gasteiger partial charge in [-0.25, -0.2) is 0 Å². The van der Waals surface area contributed by atoms with E-state index in [1.165, 1.54) is 0 Å². The monoisotopic (exact) mass is 880 g/mol. The van der Waals surface area contributed by atoms with Crippen molar-refractivity contribution in [2.45, 2.75) is 0 Å². The first-order valence-electron chi connectivity index (χ1n) is 7.64. The van der Waals surface area contributed by atoms with Gasteiger partial charge in [-0.2, -0.15) is 0 Å². The summed E-state index contributed by atoms with van der Waals surface area (Å²) in [6, 6.07) is 7.67. The second kappa shape index (κ2) is 10.7. The Labute approximate surface area is 249 Å². The highest BCUT2D eigenvalue weighted by atomic mass is 79.9. The first-order valence-corrected chi connectivity index (χ1v) is 14.3.